The maximum absolute atomic E-state index is 11.8. The Morgan fingerprint density at radius 2 is 2.22 bits per heavy atom. The van der Waals surface area contributed by atoms with Gasteiger partial charge in [-0.05, 0) is 36.2 Å². The fraction of sp³-hybridized carbons (Fsp3) is 0.154. The van der Waals surface area contributed by atoms with Crippen molar-refractivity contribution in [2.24, 2.45) is 0 Å². The summed E-state index contributed by atoms with van der Waals surface area (Å²) in [6.07, 6.45) is 1.85. The number of nitrogens with one attached hydrogen (secondary N) is 1. The lowest BCUT2D eigenvalue weighted by molar-refractivity contribution is -0.115. The predicted octanol–water partition coefficient (Wildman–Crippen LogP) is 2.62. The average molecular weight is 262 g/mol. The third-order valence-electron chi connectivity index (χ3n) is 2.43. The van der Waals surface area contributed by atoms with Crippen LogP contribution < -0.4 is 5.32 Å². The summed E-state index contributed by atoms with van der Waals surface area (Å²) in [5, 5.41) is 10.9. The Morgan fingerprint density at radius 3 is 2.94 bits per heavy atom. The van der Waals surface area contributed by atoms with Crippen LogP contribution in [0.3, 0.4) is 0 Å². The van der Waals surface area contributed by atoms with Gasteiger partial charge in [-0.1, -0.05) is 23.7 Å². The van der Waals surface area contributed by atoms with E-state index in [1.807, 2.05) is 19.1 Å². The standard InChI is InChI=1S/C13H12ClN3O/c1-9-5-6-15-17-13(9)16-12(18)8-10-3-2-4-11(14)7-10/h2-7H,8H2,1H3,(H,16,17,18). The van der Waals surface area contributed by atoms with Crippen molar-refractivity contribution in [3.05, 3.63) is 52.7 Å². The van der Waals surface area contributed by atoms with Crippen LogP contribution in [0, 0.1) is 6.92 Å². The average Bonchev–Trinajstić information content (AvgIpc) is 2.32. The second-order valence-corrected chi connectivity index (χ2v) is 4.35. The first-order valence-corrected chi connectivity index (χ1v) is 5.85. The summed E-state index contributed by atoms with van der Waals surface area (Å²) in [5.41, 5.74) is 1.74. The zero-order valence-corrected chi connectivity index (χ0v) is 10.6. The van der Waals surface area contributed by atoms with Crippen molar-refractivity contribution in [3.63, 3.8) is 0 Å². The van der Waals surface area contributed by atoms with Gasteiger partial charge in [0.25, 0.3) is 0 Å². The van der Waals surface area contributed by atoms with Crippen LogP contribution in [0.5, 0.6) is 0 Å². The van der Waals surface area contributed by atoms with Gasteiger partial charge in [0.2, 0.25) is 5.91 Å². The molecule has 2 rings (SSSR count). The Bertz CT molecular complexity index is 572. The number of carbonyl (C=O) groups excluding carboxylic acids is 1. The maximum Gasteiger partial charge on any atom is 0.230 e. The lowest BCUT2D eigenvalue weighted by Crippen LogP contribution is -2.16. The van der Waals surface area contributed by atoms with Gasteiger partial charge < -0.3 is 5.32 Å². The van der Waals surface area contributed by atoms with Crippen LogP contribution in [0.25, 0.3) is 0 Å². The fourth-order valence-electron chi connectivity index (χ4n) is 1.53. The van der Waals surface area contributed by atoms with Gasteiger partial charge in [-0.15, -0.1) is 5.10 Å². The number of nitrogens with zero attached hydrogens (tertiary/aromatic N) is 2. The summed E-state index contributed by atoms with van der Waals surface area (Å²) >= 11 is 5.86. The molecule has 1 N–H and O–H groups in total. The quantitative estimate of drug-likeness (QED) is 0.924. The molecule has 0 fully saturated rings. The number of rotatable bonds is 3. The fourth-order valence-corrected chi connectivity index (χ4v) is 1.74. The smallest absolute Gasteiger partial charge is 0.230 e. The molecule has 0 aliphatic carbocycles. The summed E-state index contributed by atoms with van der Waals surface area (Å²) in [5.74, 6) is 0.352. The molecule has 1 heterocycles. The molecule has 1 amide bonds. The molecular weight excluding hydrogens is 250 g/mol. The first kappa shape index (κ1) is 12.5. The normalized spacial score (nSPS) is 10.1. The zero-order chi connectivity index (χ0) is 13.0. The highest BCUT2D eigenvalue weighted by atomic mass is 35.5. The van der Waals surface area contributed by atoms with Crippen LogP contribution in [-0.4, -0.2) is 16.1 Å². The van der Waals surface area contributed by atoms with E-state index in [0.29, 0.717) is 10.8 Å². The maximum atomic E-state index is 11.8. The van der Waals surface area contributed by atoms with E-state index < -0.39 is 0 Å². The predicted molar refractivity (Wildman–Crippen MR) is 70.6 cm³/mol. The van der Waals surface area contributed by atoms with Crippen LogP contribution in [0.1, 0.15) is 11.1 Å². The van der Waals surface area contributed by atoms with Gasteiger partial charge in [0.1, 0.15) is 0 Å². The Hall–Kier alpha value is -1.94. The molecule has 18 heavy (non-hydrogen) atoms. The molecular formula is C13H12ClN3O. The van der Waals surface area contributed by atoms with E-state index in [1.54, 1.807) is 24.4 Å². The van der Waals surface area contributed by atoms with Crippen LogP contribution in [0.15, 0.2) is 36.5 Å². The van der Waals surface area contributed by atoms with Gasteiger partial charge in [0.15, 0.2) is 5.82 Å². The number of hydrogen-bond donors (Lipinski definition) is 1. The Kier molecular flexibility index (Phi) is 3.89. The molecule has 0 radical (unpaired) electrons. The van der Waals surface area contributed by atoms with Gasteiger partial charge in [-0.2, -0.15) is 5.10 Å². The van der Waals surface area contributed by atoms with E-state index in [0.717, 1.165) is 11.1 Å². The SMILES string of the molecule is Cc1ccnnc1NC(=O)Cc1cccc(Cl)c1. The summed E-state index contributed by atoms with van der Waals surface area (Å²) in [6, 6.07) is 9.01. The molecule has 0 aliphatic heterocycles. The summed E-state index contributed by atoms with van der Waals surface area (Å²) < 4.78 is 0. The highest BCUT2D eigenvalue weighted by Gasteiger charge is 2.07. The number of hydrogen-bond acceptors (Lipinski definition) is 3. The second kappa shape index (κ2) is 5.60. The Balaban J connectivity index is 2.03. The third-order valence-corrected chi connectivity index (χ3v) is 2.67. The minimum Gasteiger partial charge on any atom is -0.309 e. The van der Waals surface area contributed by atoms with Crippen molar-refractivity contribution < 1.29 is 4.79 Å². The van der Waals surface area contributed by atoms with E-state index in [4.69, 9.17) is 11.6 Å². The van der Waals surface area contributed by atoms with Gasteiger partial charge in [0.05, 0.1) is 12.6 Å². The van der Waals surface area contributed by atoms with Gasteiger partial charge >= 0.3 is 0 Å². The number of aryl methyl sites for hydroxylation is 1. The van der Waals surface area contributed by atoms with Gasteiger partial charge in [-0.3, -0.25) is 4.79 Å². The number of amides is 1. The van der Waals surface area contributed by atoms with Crippen molar-refractivity contribution in [3.8, 4) is 0 Å². The first-order chi connectivity index (χ1) is 8.65. The largest absolute Gasteiger partial charge is 0.309 e. The van der Waals surface area contributed by atoms with Crippen LogP contribution in [0.4, 0.5) is 5.82 Å². The van der Waals surface area contributed by atoms with Crippen LogP contribution >= 0.6 is 11.6 Å². The zero-order valence-electron chi connectivity index (χ0n) is 9.85. The van der Waals surface area contributed by atoms with Crippen molar-refractivity contribution >= 4 is 23.3 Å². The number of halogens is 1. The Morgan fingerprint density at radius 1 is 1.39 bits per heavy atom. The first-order valence-electron chi connectivity index (χ1n) is 5.48. The molecule has 0 aliphatic rings. The molecule has 0 unspecified atom stereocenters. The molecule has 4 nitrogen and oxygen atoms in total. The lowest BCUT2D eigenvalue weighted by atomic mass is 10.1. The summed E-state index contributed by atoms with van der Waals surface area (Å²) in [4.78, 5) is 11.8. The number of benzene rings is 1. The molecule has 0 saturated heterocycles. The molecule has 0 bridgehead atoms. The topological polar surface area (TPSA) is 54.9 Å². The summed E-state index contributed by atoms with van der Waals surface area (Å²) in [7, 11) is 0. The second-order valence-electron chi connectivity index (χ2n) is 3.92. The molecule has 92 valence electrons. The van der Waals surface area contributed by atoms with Crippen molar-refractivity contribution in [1.82, 2.24) is 10.2 Å². The third kappa shape index (κ3) is 3.28. The molecule has 0 saturated carbocycles. The molecule has 1 aromatic heterocycles. The van der Waals surface area contributed by atoms with E-state index >= 15 is 0 Å². The Labute approximate surface area is 110 Å². The molecule has 5 heteroatoms. The molecule has 1 aromatic carbocycles. The van der Waals surface area contributed by atoms with Gasteiger partial charge in [0, 0.05) is 5.02 Å². The van der Waals surface area contributed by atoms with E-state index in [-0.39, 0.29) is 12.3 Å². The van der Waals surface area contributed by atoms with Crippen molar-refractivity contribution in [2.45, 2.75) is 13.3 Å². The van der Waals surface area contributed by atoms with Crippen LogP contribution in [-0.2, 0) is 11.2 Å². The highest BCUT2D eigenvalue weighted by molar-refractivity contribution is 6.30. The molecule has 2 aromatic rings. The monoisotopic (exact) mass is 261 g/mol. The minimum absolute atomic E-state index is 0.138. The summed E-state index contributed by atoms with van der Waals surface area (Å²) in [6.45, 7) is 1.86. The highest BCUT2D eigenvalue weighted by Crippen LogP contribution is 2.12. The van der Waals surface area contributed by atoms with E-state index in [2.05, 4.69) is 15.5 Å². The molecule has 0 atom stereocenters. The van der Waals surface area contributed by atoms with Crippen molar-refractivity contribution in [2.75, 3.05) is 5.32 Å². The number of aromatic nitrogens is 2. The van der Waals surface area contributed by atoms with E-state index in [1.165, 1.54) is 0 Å². The van der Waals surface area contributed by atoms with Crippen LogP contribution in [0.2, 0.25) is 5.02 Å². The van der Waals surface area contributed by atoms with E-state index in [9.17, 15) is 4.79 Å². The number of carbonyl (C=O) groups is 1. The van der Waals surface area contributed by atoms with Crippen molar-refractivity contribution in [1.29, 1.82) is 0 Å². The molecule has 0 spiro atoms. The number of anilines is 1. The lowest BCUT2D eigenvalue weighted by Gasteiger charge is -2.06. The minimum atomic E-state index is -0.138. The van der Waals surface area contributed by atoms with Gasteiger partial charge in [-0.25, -0.2) is 0 Å².